The van der Waals surface area contributed by atoms with E-state index in [9.17, 15) is 0 Å². The van der Waals surface area contributed by atoms with E-state index in [1.807, 2.05) is 6.07 Å². The van der Waals surface area contributed by atoms with Crippen molar-refractivity contribution in [2.75, 3.05) is 23.4 Å². The van der Waals surface area contributed by atoms with Crippen LogP contribution in [0.4, 0.5) is 11.6 Å². The lowest BCUT2D eigenvalue weighted by atomic mass is 10.1. The maximum atomic E-state index is 5.93. The molecule has 0 amide bonds. The van der Waals surface area contributed by atoms with Gasteiger partial charge in [-0.2, -0.15) is 0 Å². The highest BCUT2D eigenvalue weighted by molar-refractivity contribution is 5.49. The average molecular weight is 279 g/mol. The third kappa shape index (κ3) is 3.58. The molecule has 2 rings (SSSR count). The fraction of sp³-hybridized carbons (Fsp3) is 0.714. The third-order valence-corrected chi connectivity index (χ3v) is 3.27. The fourth-order valence-corrected chi connectivity index (χ4v) is 2.68. The summed E-state index contributed by atoms with van der Waals surface area (Å²) >= 11 is 0. The lowest BCUT2D eigenvalue weighted by molar-refractivity contribution is -0.0751. The first kappa shape index (κ1) is 15.0. The predicted octanol–water partition coefficient (Wildman–Crippen LogP) is 1.72. The molecule has 6 nitrogen and oxygen atoms in total. The molecule has 1 unspecified atom stereocenters. The topological polar surface area (TPSA) is 76.3 Å². The fourth-order valence-electron chi connectivity index (χ4n) is 2.68. The van der Waals surface area contributed by atoms with E-state index in [-0.39, 0.29) is 11.7 Å². The van der Waals surface area contributed by atoms with Crippen LogP contribution in [-0.4, -0.2) is 34.8 Å². The summed E-state index contributed by atoms with van der Waals surface area (Å²) in [5.74, 6) is 7.92. The van der Waals surface area contributed by atoms with Gasteiger partial charge < -0.3 is 15.1 Å². The third-order valence-electron chi connectivity index (χ3n) is 3.27. The van der Waals surface area contributed by atoms with Gasteiger partial charge in [0.15, 0.2) is 0 Å². The molecular formula is C14H25N5O. The molecule has 1 aromatic heterocycles. The Morgan fingerprint density at radius 1 is 1.50 bits per heavy atom. The van der Waals surface area contributed by atoms with Crippen molar-refractivity contribution in [1.82, 2.24) is 9.97 Å². The minimum absolute atomic E-state index is 0.177. The van der Waals surface area contributed by atoms with Crippen molar-refractivity contribution >= 4 is 11.6 Å². The molecule has 1 atom stereocenters. The van der Waals surface area contributed by atoms with E-state index < -0.39 is 0 Å². The van der Waals surface area contributed by atoms with E-state index in [1.165, 1.54) is 0 Å². The van der Waals surface area contributed by atoms with Gasteiger partial charge >= 0.3 is 0 Å². The van der Waals surface area contributed by atoms with Crippen LogP contribution in [0, 0.1) is 0 Å². The Kier molecular flexibility index (Phi) is 4.45. The maximum Gasteiger partial charge on any atom is 0.145 e. The minimum atomic E-state index is -0.177. The van der Waals surface area contributed by atoms with Crippen molar-refractivity contribution in [2.45, 2.75) is 52.2 Å². The lowest BCUT2D eigenvalue weighted by Gasteiger charge is -2.42. The van der Waals surface area contributed by atoms with Crippen LogP contribution in [0.25, 0.3) is 0 Å². The van der Waals surface area contributed by atoms with Crippen LogP contribution in [0.1, 0.15) is 39.9 Å². The Morgan fingerprint density at radius 2 is 2.25 bits per heavy atom. The minimum Gasteiger partial charge on any atom is -0.369 e. The second kappa shape index (κ2) is 5.93. The number of aromatic nitrogens is 2. The molecule has 1 aliphatic rings. The molecule has 0 spiro atoms. The van der Waals surface area contributed by atoms with Gasteiger partial charge in [-0.1, -0.05) is 6.92 Å². The number of nitrogens with two attached hydrogens (primary N) is 1. The molecule has 1 fully saturated rings. The monoisotopic (exact) mass is 279 g/mol. The molecule has 2 heterocycles. The van der Waals surface area contributed by atoms with E-state index in [4.69, 9.17) is 10.6 Å². The molecule has 6 heteroatoms. The van der Waals surface area contributed by atoms with E-state index >= 15 is 0 Å². The SMILES string of the molecule is CCCc1nc(NN)cc(N2CC(C)OC(C)(C)C2)n1. The first-order chi connectivity index (χ1) is 9.43. The maximum absolute atomic E-state index is 5.93. The van der Waals surface area contributed by atoms with Gasteiger partial charge in [0, 0.05) is 25.6 Å². The molecule has 112 valence electrons. The zero-order chi connectivity index (χ0) is 14.8. The highest BCUT2D eigenvalue weighted by Gasteiger charge is 2.32. The van der Waals surface area contributed by atoms with Crippen LogP contribution in [0.2, 0.25) is 0 Å². The van der Waals surface area contributed by atoms with Crippen LogP contribution in [0.3, 0.4) is 0 Å². The van der Waals surface area contributed by atoms with E-state index in [0.717, 1.165) is 37.6 Å². The molecule has 0 radical (unpaired) electrons. The van der Waals surface area contributed by atoms with Crippen LogP contribution in [0.15, 0.2) is 6.07 Å². The number of nitrogen functional groups attached to an aromatic ring is 1. The molecule has 0 aliphatic carbocycles. The Balaban J connectivity index is 2.28. The Hall–Kier alpha value is -1.40. The number of hydrogen-bond donors (Lipinski definition) is 2. The molecule has 3 N–H and O–H groups in total. The van der Waals surface area contributed by atoms with Crippen LogP contribution >= 0.6 is 0 Å². The van der Waals surface area contributed by atoms with Crippen molar-refractivity contribution in [2.24, 2.45) is 5.84 Å². The number of nitrogens with one attached hydrogen (secondary N) is 1. The van der Waals surface area contributed by atoms with E-state index in [0.29, 0.717) is 5.82 Å². The van der Waals surface area contributed by atoms with Crippen LogP contribution in [-0.2, 0) is 11.2 Å². The van der Waals surface area contributed by atoms with Crippen molar-refractivity contribution in [3.63, 3.8) is 0 Å². The van der Waals surface area contributed by atoms with Crippen molar-refractivity contribution in [3.05, 3.63) is 11.9 Å². The molecule has 20 heavy (non-hydrogen) atoms. The first-order valence-electron chi connectivity index (χ1n) is 7.21. The van der Waals surface area contributed by atoms with Gasteiger partial charge in [0.1, 0.15) is 17.5 Å². The Morgan fingerprint density at radius 3 is 2.85 bits per heavy atom. The van der Waals surface area contributed by atoms with Gasteiger partial charge in [-0.05, 0) is 27.2 Å². The number of hydrazine groups is 1. The molecule has 0 saturated carbocycles. The van der Waals surface area contributed by atoms with Crippen molar-refractivity contribution in [3.8, 4) is 0 Å². The van der Waals surface area contributed by atoms with Gasteiger partial charge in [0.25, 0.3) is 0 Å². The summed E-state index contributed by atoms with van der Waals surface area (Å²) in [7, 11) is 0. The summed E-state index contributed by atoms with van der Waals surface area (Å²) in [6, 6.07) is 1.90. The molecule has 0 bridgehead atoms. The number of aryl methyl sites for hydroxylation is 1. The highest BCUT2D eigenvalue weighted by Crippen LogP contribution is 2.26. The smallest absolute Gasteiger partial charge is 0.145 e. The highest BCUT2D eigenvalue weighted by atomic mass is 16.5. The lowest BCUT2D eigenvalue weighted by Crippen LogP contribution is -2.52. The Bertz CT molecular complexity index is 463. The number of rotatable bonds is 4. The first-order valence-corrected chi connectivity index (χ1v) is 7.21. The van der Waals surface area contributed by atoms with Gasteiger partial charge in [-0.15, -0.1) is 0 Å². The van der Waals surface area contributed by atoms with Crippen molar-refractivity contribution in [1.29, 1.82) is 0 Å². The van der Waals surface area contributed by atoms with E-state index in [2.05, 4.69) is 48.0 Å². The number of hydrogen-bond acceptors (Lipinski definition) is 6. The zero-order valence-electron chi connectivity index (χ0n) is 12.8. The molecule has 1 aromatic rings. The van der Waals surface area contributed by atoms with Gasteiger partial charge in [-0.3, -0.25) is 0 Å². The Labute approximate surface area is 120 Å². The van der Waals surface area contributed by atoms with Gasteiger partial charge in [-0.25, -0.2) is 15.8 Å². The molecular weight excluding hydrogens is 254 g/mol. The number of anilines is 2. The number of morpholine rings is 1. The summed E-state index contributed by atoms with van der Waals surface area (Å²) in [6.07, 6.45) is 2.04. The van der Waals surface area contributed by atoms with Crippen molar-refractivity contribution < 1.29 is 4.74 Å². The summed E-state index contributed by atoms with van der Waals surface area (Å²) in [5, 5.41) is 0. The number of nitrogens with zero attached hydrogens (tertiary/aromatic N) is 3. The second-order valence-corrected chi connectivity index (χ2v) is 5.99. The van der Waals surface area contributed by atoms with Crippen LogP contribution in [0.5, 0.6) is 0 Å². The summed E-state index contributed by atoms with van der Waals surface area (Å²) in [6.45, 7) is 10.0. The molecule has 1 saturated heterocycles. The summed E-state index contributed by atoms with van der Waals surface area (Å²) in [5.41, 5.74) is 2.45. The zero-order valence-corrected chi connectivity index (χ0v) is 12.8. The molecule has 0 aromatic carbocycles. The largest absolute Gasteiger partial charge is 0.369 e. The summed E-state index contributed by atoms with van der Waals surface area (Å²) < 4.78 is 5.93. The molecule has 1 aliphatic heterocycles. The van der Waals surface area contributed by atoms with E-state index in [1.54, 1.807) is 0 Å². The number of ether oxygens (including phenoxy) is 1. The quantitative estimate of drug-likeness (QED) is 0.645. The van der Waals surface area contributed by atoms with Gasteiger partial charge in [0.2, 0.25) is 0 Å². The average Bonchev–Trinajstić information content (AvgIpc) is 2.36. The standard InChI is InChI=1S/C14H25N5O/c1-5-6-11-16-12(18-15)7-13(17-11)19-8-10(2)20-14(3,4)9-19/h7,10H,5-6,8-9,15H2,1-4H3,(H,16,17,18). The van der Waals surface area contributed by atoms with Crippen LogP contribution < -0.4 is 16.2 Å². The summed E-state index contributed by atoms with van der Waals surface area (Å²) in [4.78, 5) is 11.3. The predicted molar refractivity (Wildman–Crippen MR) is 80.7 cm³/mol. The second-order valence-electron chi connectivity index (χ2n) is 5.99. The van der Waals surface area contributed by atoms with Gasteiger partial charge in [0.05, 0.1) is 11.7 Å². The normalized spacial score (nSPS) is 21.9.